The molecule has 0 aliphatic carbocycles. The van der Waals surface area contributed by atoms with Crippen molar-refractivity contribution >= 4 is 41.3 Å². The summed E-state index contributed by atoms with van der Waals surface area (Å²) in [6, 6.07) is 7.64. The van der Waals surface area contributed by atoms with Crippen LogP contribution in [0.4, 0.5) is 0 Å². The first kappa shape index (κ1) is 20.4. The van der Waals surface area contributed by atoms with Crippen molar-refractivity contribution in [3.8, 4) is 5.75 Å². The van der Waals surface area contributed by atoms with Gasteiger partial charge in [-0.3, -0.25) is 9.59 Å². The molecule has 1 aliphatic heterocycles. The Morgan fingerprint density at radius 3 is 2.42 bits per heavy atom. The monoisotopic (exact) mass is 398 g/mol. The van der Waals surface area contributed by atoms with Crippen molar-refractivity contribution in [3.05, 3.63) is 29.8 Å². The average Bonchev–Trinajstić information content (AvgIpc) is 3.19. The van der Waals surface area contributed by atoms with Crippen LogP contribution in [0.2, 0.25) is 0 Å². The number of carbonyl (C=O) groups is 3. The molecule has 1 aromatic carbocycles. The van der Waals surface area contributed by atoms with E-state index >= 15 is 0 Å². The van der Waals surface area contributed by atoms with Gasteiger partial charge in [0, 0.05) is 25.6 Å². The quantitative estimate of drug-likeness (QED) is 0.661. The molecule has 1 aromatic rings. The molecule has 26 heavy (non-hydrogen) atoms. The Kier molecular flexibility index (Phi) is 8.11. The minimum atomic E-state index is -0.641. The van der Waals surface area contributed by atoms with Gasteiger partial charge in [0.1, 0.15) is 5.75 Å². The fourth-order valence-corrected chi connectivity index (χ4v) is 4.95. The third kappa shape index (κ3) is 6.45. The van der Waals surface area contributed by atoms with Gasteiger partial charge in [0.15, 0.2) is 13.2 Å². The number of carbonyl (C=O) groups excluding carboxylic acids is 3. The van der Waals surface area contributed by atoms with E-state index in [-0.39, 0.29) is 19.1 Å². The number of thioether (sulfide) groups is 2. The van der Waals surface area contributed by atoms with E-state index in [1.54, 1.807) is 0 Å². The van der Waals surface area contributed by atoms with Gasteiger partial charge < -0.3 is 19.7 Å². The molecule has 0 spiro atoms. The van der Waals surface area contributed by atoms with Gasteiger partial charge in [0.2, 0.25) is 5.91 Å². The van der Waals surface area contributed by atoms with Gasteiger partial charge in [-0.15, -0.1) is 23.5 Å². The summed E-state index contributed by atoms with van der Waals surface area (Å²) in [5.74, 6) is 1.50. The van der Waals surface area contributed by atoms with Gasteiger partial charge in [0.05, 0.1) is 11.1 Å². The van der Waals surface area contributed by atoms with Crippen LogP contribution in [-0.4, -0.2) is 68.0 Å². The van der Waals surface area contributed by atoms with Crippen LogP contribution in [0.25, 0.3) is 0 Å². The van der Waals surface area contributed by atoms with Crippen LogP contribution in [0.1, 0.15) is 10.1 Å². The van der Waals surface area contributed by atoms with Gasteiger partial charge in [-0.1, -0.05) is 12.1 Å². The van der Waals surface area contributed by atoms with Crippen molar-refractivity contribution < 1.29 is 23.9 Å². The number of nitrogens with one attached hydrogen (secondary N) is 1. The largest absolute Gasteiger partial charge is 0.482 e. The van der Waals surface area contributed by atoms with Crippen molar-refractivity contribution in [1.29, 1.82) is 0 Å². The number of amides is 2. The summed E-state index contributed by atoms with van der Waals surface area (Å²) in [4.78, 5) is 35.8. The molecule has 1 fully saturated rings. The van der Waals surface area contributed by atoms with E-state index in [0.717, 1.165) is 11.5 Å². The van der Waals surface area contributed by atoms with Crippen LogP contribution in [0.3, 0.4) is 0 Å². The molecule has 2 amide bonds. The number of rotatable bonds is 8. The van der Waals surface area contributed by atoms with E-state index in [1.807, 2.05) is 47.8 Å². The maximum Gasteiger partial charge on any atom is 0.344 e. The Hall–Kier alpha value is -1.87. The molecule has 0 atom stereocenters. The smallest absolute Gasteiger partial charge is 0.344 e. The summed E-state index contributed by atoms with van der Waals surface area (Å²) in [5, 5.41) is 2.41. The maximum atomic E-state index is 11.8. The molecular formula is C17H22N2O5S2. The Morgan fingerprint density at radius 2 is 1.81 bits per heavy atom. The van der Waals surface area contributed by atoms with Crippen molar-refractivity contribution in [1.82, 2.24) is 10.2 Å². The third-order valence-electron chi connectivity index (χ3n) is 3.57. The van der Waals surface area contributed by atoms with E-state index in [0.29, 0.717) is 10.3 Å². The summed E-state index contributed by atoms with van der Waals surface area (Å²) < 4.78 is 10.7. The van der Waals surface area contributed by atoms with Crippen LogP contribution >= 0.6 is 23.5 Å². The van der Waals surface area contributed by atoms with Crippen LogP contribution < -0.4 is 10.1 Å². The number of nitrogens with zero attached hydrogens (tertiary/aromatic N) is 1. The first-order valence-corrected chi connectivity index (χ1v) is 10.2. The summed E-state index contributed by atoms with van der Waals surface area (Å²) in [6.45, 7) is -0.795. The lowest BCUT2D eigenvalue weighted by molar-refractivity contribution is -0.153. The fourth-order valence-electron chi connectivity index (χ4n) is 2.09. The minimum Gasteiger partial charge on any atom is -0.482 e. The zero-order chi connectivity index (χ0) is 18.9. The van der Waals surface area contributed by atoms with Crippen molar-refractivity contribution in [2.45, 2.75) is 4.58 Å². The molecule has 0 saturated carbocycles. The Bertz CT molecular complexity index is 633. The molecule has 1 heterocycles. The highest BCUT2D eigenvalue weighted by Crippen LogP contribution is 2.45. The highest BCUT2D eigenvalue weighted by molar-refractivity contribution is 8.19. The first-order chi connectivity index (χ1) is 12.5. The van der Waals surface area contributed by atoms with Gasteiger partial charge >= 0.3 is 5.97 Å². The summed E-state index contributed by atoms with van der Waals surface area (Å²) in [6.07, 6.45) is 0. The van der Waals surface area contributed by atoms with Crippen molar-refractivity contribution in [2.75, 3.05) is 45.4 Å². The van der Waals surface area contributed by atoms with Crippen LogP contribution in [-0.2, 0) is 19.1 Å². The van der Waals surface area contributed by atoms with E-state index in [1.165, 1.54) is 24.6 Å². The predicted octanol–water partition coefficient (Wildman–Crippen LogP) is 1.29. The SMILES string of the molecule is CNC(=O)CN(C)C(=O)COC(=O)COc1ccc(C2SCCS2)cc1. The molecular weight excluding hydrogens is 376 g/mol. The standard InChI is InChI=1S/C17H22N2O5S2/c1-18-14(20)9-19(2)15(21)10-24-16(22)11-23-13-5-3-12(4-6-13)17-25-7-8-26-17/h3-6,17H,7-11H2,1-2H3,(H,18,20). The molecule has 1 N–H and O–H groups in total. The van der Waals surface area contributed by atoms with Gasteiger partial charge in [-0.25, -0.2) is 4.79 Å². The predicted molar refractivity (Wildman–Crippen MR) is 102 cm³/mol. The topological polar surface area (TPSA) is 84.9 Å². The molecule has 1 aliphatic rings. The lowest BCUT2D eigenvalue weighted by atomic mass is 10.2. The zero-order valence-corrected chi connectivity index (χ0v) is 16.4. The number of ether oxygens (including phenoxy) is 2. The van der Waals surface area contributed by atoms with Crippen LogP contribution in [0, 0.1) is 0 Å². The Morgan fingerprint density at radius 1 is 1.15 bits per heavy atom. The number of hydrogen-bond acceptors (Lipinski definition) is 7. The van der Waals surface area contributed by atoms with Crippen molar-refractivity contribution in [3.63, 3.8) is 0 Å². The van der Waals surface area contributed by atoms with E-state index in [9.17, 15) is 14.4 Å². The fraction of sp³-hybridized carbons (Fsp3) is 0.471. The number of hydrogen-bond donors (Lipinski definition) is 1. The molecule has 2 rings (SSSR count). The van der Waals surface area contributed by atoms with Gasteiger partial charge in [-0.2, -0.15) is 0 Å². The highest BCUT2D eigenvalue weighted by Gasteiger charge is 2.18. The summed E-state index contributed by atoms with van der Waals surface area (Å²) >= 11 is 3.85. The lowest BCUT2D eigenvalue weighted by Gasteiger charge is -2.16. The number of likely N-dealkylation sites (N-methyl/N-ethyl adjacent to an activating group) is 2. The van der Waals surface area contributed by atoms with E-state index in [4.69, 9.17) is 9.47 Å². The van der Waals surface area contributed by atoms with E-state index in [2.05, 4.69) is 5.32 Å². The van der Waals surface area contributed by atoms with Gasteiger partial charge in [0.25, 0.3) is 5.91 Å². The second-order valence-corrected chi connectivity index (χ2v) is 8.24. The Balaban J connectivity index is 1.69. The van der Waals surface area contributed by atoms with Crippen LogP contribution in [0.15, 0.2) is 24.3 Å². The number of benzene rings is 1. The Labute approximate surface area is 161 Å². The van der Waals surface area contributed by atoms with Crippen LogP contribution in [0.5, 0.6) is 5.75 Å². The maximum absolute atomic E-state index is 11.8. The molecule has 9 heteroatoms. The molecule has 142 valence electrons. The molecule has 0 bridgehead atoms. The second-order valence-electron chi connectivity index (χ2n) is 5.51. The summed E-state index contributed by atoms with van der Waals surface area (Å²) in [7, 11) is 2.94. The van der Waals surface area contributed by atoms with E-state index < -0.39 is 18.5 Å². The molecule has 0 unspecified atom stereocenters. The second kappa shape index (κ2) is 10.3. The first-order valence-electron chi connectivity index (χ1n) is 8.05. The van der Waals surface area contributed by atoms with Crippen molar-refractivity contribution in [2.24, 2.45) is 0 Å². The molecule has 7 nitrogen and oxygen atoms in total. The normalized spacial score (nSPS) is 13.9. The number of esters is 1. The highest BCUT2D eigenvalue weighted by atomic mass is 32.2. The average molecular weight is 399 g/mol. The molecule has 0 radical (unpaired) electrons. The minimum absolute atomic E-state index is 0.0900. The zero-order valence-electron chi connectivity index (χ0n) is 14.7. The molecule has 1 saturated heterocycles. The third-order valence-corrected chi connectivity index (χ3v) is 6.68. The lowest BCUT2D eigenvalue weighted by Crippen LogP contribution is -2.39. The summed E-state index contributed by atoms with van der Waals surface area (Å²) in [5.41, 5.74) is 1.23. The van der Waals surface area contributed by atoms with Gasteiger partial charge in [-0.05, 0) is 17.7 Å². The molecule has 0 aromatic heterocycles.